The third kappa shape index (κ3) is 7.08. The number of fused-ring (bicyclic) bond motifs is 1. The summed E-state index contributed by atoms with van der Waals surface area (Å²) in [5.41, 5.74) is 1.92. The second-order valence-corrected chi connectivity index (χ2v) is 5.44. The molecule has 1 atom stereocenters. The minimum absolute atomic E-state index is 0.236. The lowest BCUT2D eigenvalue weighted by Crippen LogP contribution is -2.17. The summed E-state index contributed by atoms with van der Waals surface area (Å²) in [5.74, 6) is 0.428. The lowest BCUT2D eigenvalue weighted by molar-refractivity contribution is -0.147. The van der Waals surface area contributed by atoms with Gasteiger partial charge in [0.2, 0.25) is 0 Å². The molecule has 1 aliphatic carbocycles. The molecule has 0 amide bonds. The number of aryl methyl sites for hydroxylation is 1. The van der Waals surface area contributed by atoms with Crippen LogP contribution in [-0.4, -0.2) is 37.6 Å². The number of esters is 1. The second kappa shape index (κ2) is 11.6. The summed E-state index contributed by atoms with van der Waals surface area (Å²) >= 11 is 0. The predicted octanol–water partition coefficient (Wildman–Crippen LogP) is 3.03. The van der Waals surface area contributed by atoms with Gasteiger partial charge in [-0.25, -0.2) is 0 Å². The molecule has 2 rings (SSSR count). The monoisotopic (exact) mass is 337 g/mol. The topological polar surface area (TPSA) is 74.7 Å². The van der Waals surface area contributed by atoms with E-state index in [-0.39, 0.29) is 12.1 Å². The molecule has 0 saturated carbocycles. The molecule has 1 aliphatic rings. The first-order valence-electron chi connectivity index (χ1n) is 8.33. The fraction of sp³-hybridized carbons (Fsp3) is 0.611. The smallest absolute Gasteiger partial charge is 0.303 e. The number of carbonyl (C=O) groups is 2. The maximum absolute atomic E-state index is 11.1. The normalized spacial score (nSPS) is 15.5. The van der Waals surface area contributed by atoms with Crippen LogP contribution in [0.1, 0.15) is 56.9 Å². The van der Waals surface area contributed by atoms with Crippen LogP contribution in [0.15, 0.2) is 12.3 Å². The van der Waals surface area contributed by atoms with Crippen LogP contribution in [0.4, 0.5) is 0 Å². The van der Waals surface area contributed by atoms with Crippen LogP contribution in [0, 0.1) is 0 Å². The molecule has 24 heavy (non-hydrogen) atoms. The number of rotatable bonds is 7. The van der Waals surface area contributed by atoms with Gasteiger partial charge in [0.05, 0.1) is 18.5 Å². The molecular formula is C18H27NO5. The van der Waals surface area contributed by atoms with E-state index in [0.29, 0.717) is 25.2 Å². The maximum Gasteiger partial charge on any atom is 0.303 e. The van der Waals surface area contributed by atoms with Gasteiger partial charge in [-0.1, -0.05) is 0 Å². The number of unbranched alkanes of at least 4 members (excludes halogenated alkanes) is 1. The summed E-state index contributed by atoms with van der Waals surface area (Å²) in [6.07, 6.45) is 6.23. The SMILES string of the molecule is CC(=O)OC1CCCc2cc(OCCCC=O)cnc21.CCOC. The first-order chi connectivity index (χ1) is 11.6. The highest BCUT2D eigenvalue weighted by Gasteiger charge is 2.24. The van der Waals surface area contributed by atoms with E-state index >= 15 is 0 Å². The van der Waals surface area contributed by atoms with Crippen LogP contribution in [0.25, 0.3) is 0 Å². The number of aldehydes is 1. The summed E-state index contributed by atoms with van der Waals surface area (Å²) < 4.78 is 15.4. The fourth-order valence-corrected chi connectivity index (χ4v) is 2.35. The number of pyridine rings is 1. The molecule has 6 nitrogen and oxygen atoms in total. The van der Waals surface area contributed by atoms with Crippen LogP contribution in [0.2, 0.25) is 0 Å². The van der Waals surface area contributed by atoms with Crippen molar-refractivity contribution in [3.63, 3.8) is 0 Å². The largest absolute Gasteiger partial charge is 0.492 e. The average molecular weight is 337 g/mol. The van der Waals surface area contributed by atoms with Gasteiger partial charge in [-0.05, 0) is 44.2 Å². The molecule has 0 bridgehead atoms. The molecule has 1 unspecified atom stereocenters. The first-order valence-corrected chi connectivity index (χ1v) is 8.33. The Morgan fingerprint density at radius 2 is 2.21 bits per heavy atom. The minimum Gasteiger partial charge on any atom is -0.492 e. The third-order valence-corrected chi connectivity index (χ3v) is 3.53. The van der Waals surface area contributed by atoms with Crippen molar-refractivity contribution in [2.24, 2.45) is 0 Å². The Hall–Kier alpha value is -1.95. The molecule has 134 valence electrons. The number of aromatic nitrogens is 1. The first kappa shape index (κ1) is 20.1. The maximum atomic E-state index is 11.1. The van der Waals surface area contributed by atoms with Gasteiger partial charge in [-0.15, -0.1) is 0 Å². The van der Waals surface area contributed by atoms with E-state index in [1.165, 1.54) is 6.92 Å². The van der Waals surface area contributed by atoms with Crippen LogP contribution >= 0.6 is 0 Å². The van der Waals surface area contributed by atoms with Crippen molar-refractivity contribution >= 4 is 12.3 Å². The highest BCUT2D eigenvalue weighted by atomic mass is 16.5. The van der Waals surface area contributed by atoms with Gasteiger partial charge in [-0.2, -0.15) is 0 Å². The molecule has 0 spiro atoms. The van der Waals surface area contributed by atoms with Gasteiger partial charge >= 0.3 is 5.97 Å². The Morgan fingerprint density at radius 3 is 2.83 bits per heavy atom. The number of hydrogen-bond acceptors (Lipinski definition) is 6. The molecule has 0 aliphatic heterocycles. The molecule has 0 radical (unpaired) electrons. The van der Waals surface area contributed by atoms with Crippen LogP contribution in [-0.2, 0) is 25.5 Å². The summed E-state index contributed by atoms with van der Waals surface area (Å²) in [5, 5.41) is 0. The summed E-state index contributed by atoms with van der Waals surface area (Å²) in [4.78, 5) is 25.7. The molecule has 6 heteroatoms. The van der Waals surface area contributed by atoms with E-state index in [9.17, 15) is 9.59 Å². The molecule has 0 N–H and O–H groups in total. The molecule has 0 fully saturated rings. The molecule has 1 aromatic heterocycles. The van der Waals surface area contributed by atoms with E-state index in [2.05, 4.69) is 9.72 Å². The Balaban J connectivity index is 0.000000648. The predicted molar refractivity (Wildman–Crippen MR) is 90.0 cm³/mol. The number of carbonyl (C=O) groups excluding carboxylic acids is 2. The van der Waals surface area contributed by atoms with Crippen molar-refractivity contribution in [2.75, 3.05) is 20.3 Å². The Bertz CT molecular complexity index is 516. The Kier molecular flexibility index (Phi) is 9.68. The Labute approximate surface area is 143 Å². The van der Waals surface area contributed by atoms with Crippen molar-refractivity contribution in [2.45, 2.75) is 52.1 Å². The fourth-order valence-electron chi connectivity index (χ4n) is 2.35. The van der Waals surface area contributed by atoms with E-state index in [4.69, 9.17) is 9.47 Å². The van der Waals surface area contributed by atoms with Crippen molar-refractivity contribution in [1.29, 1.82) is 0 Å². The van der Waals surface area contributed by atoms with E-state index in [1.54, 1.807) is 13.3 Å². The van der Waals surface area contributed by atoms with Crippen molar-refractivity contribution in [3.8, 4) is 5.75 Å². The number of nitrogens with zero attached hydrogens (tertiary/aromatic N) is 1. The highest BCUT2D eigenvalue weighted by molar-refractivity contribution is 5.66. The zero-order valence-corrected chi connectivity index (χ0v) is 14.7. The van der Waals surface area contributed by atoms with E-state index in [1.807, 2.05) is 13.0 Å². The number of ether oxygens (including phenoxy) is 3. The van der Waals surface area contributed by atoms with Gasteiger partial charge in [0.15, 0.2) is 0 Å². The van der Waals surface area contributed by atoms with Gasteiger partial charge < -0.3 is 19.0 Å². The quantitative estimate of drug-likeness (QED) is 0.432. The van der Waals surface area contributed by atoms with Crippen molar-refractivity contribution < 1.29 is 23.8 Å². The number of hydrogen-bond donors (Lipinski definition) is 0. The van der Waals surface area contributed by atoms with E-state index < -0.39 is 0 Å². The van der Waals surface area contributed by atoms with Gasteiger partial charge in [0, 0.05) is 27.1 Å². The molecule has 0 saturated heterocycles. The Morgan fingerprint density at radius 1 is 1.46 bits per heavy atom. The highest BCUT2D eigenvalue weighted by Crippen LogP contribution is 2.32. The van der Waals surface area contributed by atoms with Gasteiger partial charge in [0.25, 0.3) is 0 Å². The van der Waals surface area contributed by atoms with Crippen molar-refractivity contribution in [1.82, 2.24) is 4.98 Å². The van der Waals surface area contributed by atoms with Crippen LogP contribution in [0.3, 0.4) is 0 Å². The molecular weight excluding hydrogens is 310 g/mol. The molecule has 1 heterocycles. The van der Waals surface area contributed by atoms with Crippen LogP contribution < -0.4 is 4.74 Å². The lowest BCUT2D eigenvalue weighted by Gasteiger charge is -2.24. The van der Waals surface area contributed by atoms with Gasteiger partial charge in [0.1, 0.15) is 18.1 Å². The zero-order valence-electron chi connectivity index (χ0n) is 14.7. The summed E-state index contributed by atoms with van der Waals surface area (Å²) in [7, 11) is 1.68. The van der Waals surface area contributed by atoms with Crippen LogP contribution in [0.5, 0.6) is 5.75 Å². The standard InChI is InChI=1S/C15H19NO4.C3H8O/c1-11(18)20-14-6-4-5-12-9-13(10-16-15(12)14)19-8-3-2-7-17;1-3-4-2/h7,9-10,14H,2-6,8H2,1H3;3H2,1-2H3. The lowest BCUT2D eigenvalue weighted by atomic mass is 9.93. The molecule has 1 aromatic rings. The molecule has 0 aromatic carbocycles. The summed E-state index contributed by atoms with van der Waals surface area (Å²) in [6.45, 7) is 4.70. The third-order valence-electron chi connectivity index (χ3n) is 3.53. The number of methoxy groups -OCH3 is 1. The van der Waals surface area contributed by atoms with Crippen molar-refractivity contribution in [3.05, 3.63) is 23.5 Å². The minimum atomic E-state index is -0.279. The van der Waals surface area contributed by atoms with Gasteiger partial charge in [-0.3, -0.25) is 9.78 Å². The summed E-state index contributed by atoms with van der Waals surface area (Å²) in [6, 6.07) is 1.96. The second-order valence-electron chi connectivity index (χ2n) is 5.44. The zero-order chi connectivity index (χ0) is 17.8. The van der Waals surface area contributed by atoms with E-state index in [0.717, 1.165) is 43.4 Å². The average Bonchev–Trinajstić information content (AvgIpc) is 2.58.